The Labute approximate surface area is 186 Å². The number of halogens is 1. The van der Waals surface area contributed by atoms with Crippen molar-refractivity contribution in [2.45, 2.75) is 26.9 Å². The summed E-state index contributed by atoms with van der Waals surface area (Å²) >= 11 is 0.968. The number of ether oxygens (including phenoxy) is 1. The minimum Gasteiger partial charge on any atom is -0.404 e. The van der Waals surface area contributed by atoms with Gasteiger partial charge in [0.1, 0.15) is 22.5 Å². The predicted octanol–water partition coefficient (Wildman–Crippen LogP) is 3.71. The number of anilines is 1. The van der Waals surface area contributed by atoms with Crippen LogP contribution in [-0.4, -0.2) is 34.2 Å². The minimum atomic E-state index is -0.682. The molecular formula is C20H19FN6O4S. The summed E-state index contributed by atoms with van der Waals surface area (Å²) in [5, 5.41) is 18.4. The number of carbonyl (C=O) groups is 2. The molecule has 0 radical (unpaired) electrons. The van der Waals surface area contributed by atoms with E-state index in [-0.39, 0.29) is 28.8 Å². The fourth-order valence-corrected chi connectivity index (χ4v) is 3.41. The second kappa shape index (κ2) is 9.88. The maximum absolute atomic E-state index is 13.2. The zero-order valence-corrected chi connectivity index (χ0v) is 18.2. The number of nitriles is 1. The number of hydrogen-bond acceptors (Lipinski definition) is 8. The number of urea groups is 1. The van der Waals surface area contributed by atoms with Crippen LogP contribution in [0.5, 0.6) is 5.75 Å². The minimum absolute atomic E-state index is 0.0196. The van der Waals surface area contributed by atoms with Crippen LogP contribution in [0.15, 0.2) is 28.8 Å². The maximum Gasteiger partial charge on any atom is 0.415 e. The lowest BCUT2D eigenvalue weighted by Crippen LogP contribution is -2.30. The van der Waals surface area contributed by atoms with E-state index in [1.54, 1.807) is 26.0 Å². The first-order chi connectivity index (χ1) is 15.3. The molecule has 2 N–H and O–H groups in total. The molecule has 3 aromatic rings. The molecule has 32 heavy (non-hydrogen) atoms. The monoisotopic (exact) mass is 458 g/mol. The summed E-state index contributed by atoms with van der Waals surface area (Å²) in [6.45, 7) is 3.36. The lowest BCUT2D eigenvalue weighted by molar-refractivity contribution is 0.159. The molecule has 166 valence electrons. The van der Waals surface area contributed by atoms with Gasteiger partial charge in [0.25, 0.3) is 0 Å². The lowest BCUT2D eigenvalue weighted by atomic mass is 10.2. The average molecular weight is 458 g/mol. The van der Waals surface area contributed by atoms with Crippen LogP contribution in [-0.2, 0) is 13.1 Å². The highest BCUT2D eigenvalue weighted by atomic mass is 32.1. The Morgan fingerprint density at radius 3 is 2.81 bits per heavy atom. The largest absolute Gasteiger partial charge is 0.415 e. The predicted molar refractivity (Wildman–Crippen MR) is 113 cm³/mol. The zero-order valence-electron chi connectivity index (χ0n) is 17.4. The first-order valence-electron chi connectivity index (χ1n) is 9.31. The van der Waals surface area contributed by atoms with E-state index in [2.05, 4.69) is 20.8 Å². The molecule has 0 bridgehead atoms. The molecule has 2 aromatic heterocycles. The van der Waals surface area contributed by atoms with Gasteiger partial charge >= 0.3 is 12.1 Å². The fraction of sp³-hybridized carbons (Fsp3) is 0.250. The van der Waals surface area contributed by atoms with Gasteiger partial charge in [-0.05, 0) is 24.6 Å². The van der Waals surface area contributed by atoms with Gasteiger partial charge in [-0.2, -0.15) is 5.26 Å². The number of aryl methyl sites for hydroxylation is 2. The summed E-state index contributed by atoms with van der Waals surface area (Å²) in [5.41, 5.74) is 1.33. The third kappa shape index (κ3) is 5.58. The molecule has 2 heterocycles. The molecule has 0 aliphatic carbocycles. The number of aromatic nitrogens is 2. The van der Waals surface area contributed by atoms with Crippen molar-refractivity contribution >= 4 is 28.6 Å². The Bertz CT molecular complexity index is 1170. The molecular weight excluding hydrogens is 439 g/mol. The second-order valence-electron chi connectivity index (χ2n) is 6.72. The van der Waals surface area contributed by atoms with Gasteiger partial charge in [0, 0.05) is 20.5 Å². The van der Waals surface area contributed by atoms with Gasteiger partial charge in [0.05, 0.1) is 12.2 Å². The number of carbonyl (C=O) groups excluding carboxylic acids is 2. The molecule has 0 saturated heterocycles. The van der Waals surface area contributed by atoms with E-state index < -0.39 is 17.9 Å². The Morgan fingerprint density at radius 2 is 2.16 bits per heavy atom. The fourth-order valence-electron chi connectivity index (χ4n) is 2.65. The Morgan fingerprint density at radius 1 is 1.38 bits per heavy atom. The molecule has 0 atom stereocenters. The third-order valence-corrected chi connectivity index (χ3v) is 5.14. The van der Waals surface area contributed by atoms with Crippen LogP contribution in [0.3, 0.4) is 0 Å². The summed E-state index contributed by atoms with van der Waals surface area (Å²) < 4.78 is 23.5. The van der Waals surface area contributed by atoms with E-state index in [1.807, 2.05) is 6.07 Å². The van der Waals surface area contributed by atoms with E-state index in [9.17, 15) is 19.2 Å². The van der Waals surface area contributed by atoms with E-state index in [4.69, 9.17) is 9.26 Å². The summed E-state index contributed by atoms with van der Waals surface area (Å²) in [7, 11) is 1.49. The smallest absolute Gasteiger partial charge is 0.404 e. The number of nitrogens with one attached hydrogen (secondary N) is 2. The molecule has 0 aliphatic rings. The molecule has 0 unspecified atom stereocenters. The van der Waals surface area contributed by atoms with Gasteiger partial charge in [-0.3, -0.25) is 5.32 Å². The standard InChI is InChI=1S/C20H19FN6O4S/c1-11-17(12(2)31-26-11)30-20(29)27(3)10-15-16(8-22)32-19(24-15)25-18(28)23-9-13-5-4-6-14(21)7-13/h4-7H,9-10H2,1-3H3,(H2,23,24,25,28). The van der Waals surface area contributed by atoms with Gasteiger partial charge in [0.2, 0.25) is 0 Å². The van der Waals surface area contributed by atoms with Gasteiger partial charge in [-0.25, -0.2) is 19.0 Å². The van der Waals surface area contributed by atoms with Crippen molar-refractivity contribution < 1.29 is 23.2 Å². The number of thiazole rings is 1. The van der Waals surface area contributed by atoms with Crippen molar-refractivity contribution in [1.29, 1.82) is 5.26 Å². The Hall–Kier alpha value is -3.98. The van der Waals surface area contributed by atoms with Crippen LogP contribution >= 0.6 is 11.3 Å². The normalized spacial score (nSPS) is 10.3. The van der Waals surface area contributed by atoms with E-state index in [1.165, 1.54) is 24.1 Å². The van der Waals surface area contributed by atoms with Crippen LogP contribution in [0.25, 0.3) is 0 Å². The quantitative estimate of drug-likeness (QED) is 0.575. The molecule has 12 heteroatoms. The van der Waals surface area contributed by atoms with Crippen LogP contribution in [0.2, 0.25) is 0 Å². The second-order valence-corrected chi connectivity index (χ2v) is 7.72. The first kappa shape index (κ1) is 22.7. The van der Waals surface area contributed by atoms with Crippen LogP contribution in [0.4, 0.5) is 19.1 Å². The van der Waals surface area contributed by atoms with Crippen molar-refractivity contribution in [2.75, 3.05) is 12.4 Å². The van der Waals surface area contributed by atoms with Crippen LogP contribution in [0, 0.1) is 31.0 Å². The van der Waals surface area contributed by atoms with Crippen molar-refractivity contribution in [3.63, 3.8) is 0 Å². The Balaban J connectivity index is 1.60. The van der Waals surface area contributed by atoms with Crippen LogP contribution in [0.1, 0.15) is 27.6 Å². The topological polar surface area (TPSA) is 133 Å². The van der Waals surface area contributed by atoms with Crippen molar-refractivity contribution in [1.82, 2.24) is 20.4 Å². The van der Waals surface area contributed by atoms with Gasteiger partial charge in [0.15, 0.2) is 16.6 Å². The van der Waals surface area contributed by atoms with Gasteiger partial charge in [-0.1, -0.05) is 28.6 Å². The molecule has 3 rings (SSSR count). The molecule has 0 aliphatic heterocycles. The Kier molecular flexibility index (Phi) is 7.01. The molecule has 0 spiro atoms. The molecule has 10 nitrogen and oxygen atoms in total. The first-order valence-corrected chi connectivity index (χ1v) is 10.1. The SMILES string of the molecule is Cc1noc(C)c1OC(=O)N(C)Cc1nc(NC(=O)NCc2cccc(F)c2)sc1C#N. The van der Waals surface area contributed by atoms with Gasteiger partial charge in [-0.15, -0.1) is 0 Å². The molecule has 1 aromatic carbocycles. The maximum atomic E-state index is 13.2. The number of nitrogens with zero attached hydrogens (tertiary/aromatic N) is 4. The van der Waals surface area contributed by atoms with E-state index in [0.717, 1.165) is 11.3 Å². The summed E-state index contributed by atoms with van der Waals surface area (Å²) in [4.78, 5) is 30.2. The lowest BCUT2D eigenvalue weighted by Gasteiger charge is -2.15. The van der Waals surface area contributed by atoms with Crippen molar-refractivity contribution in [3.05, 3.63) is 57.7 Å². The van der Waals surface area contributed by atoms with Crippen molar-refractivity contribution in [3.8, 4) is 11.8 Å². The average Bonchev–Trinajstić information content (AvgIpc) is 3.29. The summed E-state index contributed by atoms with van der Waals surface area (Å²) in [6, 6.07) is 7.28. The van der Waals surface area contributed by atoms with Crippen molar-refractivity contribution in [2.24, 2.45) is 0 Å². The highest BCUT2D eigenvalue weighted by molar-refractivity contribution is 7.16. The summed E-state index contributed by atoms with van der Waals surface area (Å²) in [6.07, 6.45) is -0.682. The summed E-state index contributed by atoms with van der Waals surface area (Å²) in [5.74, 6) is 0.203. The van der Waals surface area contributed by atoms with Gasteiger partial charge < -0.3 is 19.5 Å². The van der Waals surface area contributed by atoms with Crippen LogP contribution < -0.4 is 15.4 Å². The number of benzene rings is 1. The molecule has 3 amide bonds. The number of hydrogen-bond donors (Lipinski definition) is 2. The number of rotatable bonds is 6. The molecule has 0 fully saturated rings. The highest BCUT2D eigenvalue weighted by Gasteiger charge is 2.21. The molecule has 0 saturated carbocycles. The van der Waals surface area contributed by atoms with E-state index in [0.29, 0.717) is 22.7 Å². The zero-order chi connectivity index (χ0) is 23.3. The highest BCUT2D eigenvalue weighted by Crippen LogP contribution is 2.25. The third-order valence-electron chi connectivity index (χ3n) is 4.22. The number of amides is 3. The van der Waals surface area contributed by atoms with E-state index >= 15 is 0 Å².